The minimum absolute atomic E-state index is 0.144. The van der Waals surface area contributed by atoms with Crippen molar-refractivity contribution in [1.82, 2.24) is 0 Å². The van der Waals surface area contributed by atoms with Crippen molar-refractivity contribution in [2.75, 3.05) is 24.7 Å². The van der Waals surface area contributed by atoms with Gasteiger partial charge in [0, 0.05) is 5.56 Å². The van der Waals surface area contributed by atoms with Crippen molar-refractivity contribution in [3.8, 4) is 0 Å². The number of carbonyl (C=O) groups excluding carboxylic acids is 1. The van der Waals surface area contributed by atoms with Gasteiger partial charge in [0.1, 0.15) is 11.4 Å². The molecule has 1 fully saturated rings. The van der Waals surface area contributed by atoms with Gasteiger partial charge in [-0.15, -0.1) is 11.3 Å². The summed E-state index contributed by atoms with van der Waals surface area (Å²) in [5.74, 6) is -0.477. The zero-order chi connectivity index (χ0) is 14.2. The lowest BCUT2D eigenvalue weighted by Crippen LogP contribution is -2.21. The van der Waals surface area contributed by atoms with E-state index in [0.29, 0.717) is 10.6 Å². The number of esters is 1. The number of methoxy groups -OCH3 is 1. The van der Waals surface area contributed by atoms with Crippen LogP contribution in [-0.4, -0.2) is 25.8 Å². The highest BCUT2D eigenvalue weighted by molar-refractivity contribution is 7.18. The van der Waals surface area contributed by atoms with Crippen molar-refractivity contribution in [2.24, 2.45) is 0 Å². The second kappa shape index (κ2) is 4.92. The summed E-state index contributed by atoms with van der Waals surface area (Å²) in [6.45, 7) is -1.15. The van der Waals surface area contributed by atoms with Gasteiger partial charge in [-0.05, 0) is 18.8 Å². The number of halogens is 3. The summed E-state index contributed by atoms with van der Waals surface area (Å²) < 4.78 is 41.3. The van der Waals surface area contributed by atoms with Crippen LogP contribution < -0.4 is 11.1 Å². The summed E-state index contributed by atoms with van der Waals surface area (Å²) in [6, 6.07) is 0. The Morgan fingerprint density at radius 2 is 2.16 bits per heavy atom. The van der Waals surface area contributed by atoms with E-state index in [1.165, 1.54) is 7.11 Å². The van der Waals surface area contributed by atoms with Gasteiger partial charge in [-0.1, -0.05) is 0 Å². The standard InChI is InChI=1S/C11H13F3N2O2S/c1-18-10(17)8-7(15)6(5-2-3-5)9(19-8)16-4-11(12,13)14/h5,16H,2-4,15H2,1H3. The molecule has 0 aromatic carbocycles. The molecule has 1 aliphatic rings. The topological polar surface area (TPSA) is 64.3 Å². The SMILES string of the molecule is COC(=O)c1sc(NCC(F)(F)F)c(C2CC2)c1N. The Balaban J connectivity index is 2.28. The molecule has 0 aliphatic heterocycles. The molecule has 0 spiro atoms. The van der Waals surface area contributed by atoms with Gasteiger partial charge < -0.3 is 15.8 Å². The zero-order valence-electron chi connectivity index (χ0n) is 10.1. The third kappa shape index (κ3) is 3.12. The summed E-state index contributed by atoms with van der Waals surface area (Å²) in [5.41, 5.74) is 6.71. The maximum atomic E-state index is 12.2. The van der Waals surface area contributed by atoms with E-state index in [0.717, 1.165) is 24.2 Å². The Bertz CT molecular complexity index is 495. The van der Waals surface area contributed by atoms with Crippen LogP contribution in [0, 0.1) is 0 Å². The van der Waals surface area contributed by atoms with Crippen LogP contribution in [0.3, 0.4) is 0 Å². The average molecular weight is 294 g/mol. The number of nitrogens with one attached hydrogen (secondary N) is 1. The van der Waals surface area contributed by atoms with Gasteiger partial charge >= 0.3 is 12.1 Å². The van der Waals surface area contributed by atoms with Crippen molar-refractivity contribution < 1.29 is 22.7 Å². The largest absolute Gasteiger partial charge is 0.465 e. The molecule has 19 heavy (non-hydrogen) atoms. The summed E-state index contributed by atoms with van der Waals surface area (Å²) in [4.78, 5) is 11.7. The molecule has 0 amide bonds. The third-order valence-electron chi connectivity index (χ3n) is 2.79. The van der Waals surface area contributed by atoms with Crippen molar-refractivity contribution in [1.29, 1.82) is 0 Å². The number of rotatable bonds is 4. The van der Waals surface area contributed by atoms with Crippen LogP contribution in [0.4, 0.5) is 23.9 Å². The molecular formula is C11H13F3N2O2S. The van der Waals surface area contributed by atoms with Crippen molar-refractivity contribution in [3.05, 3.63) is 10.4 Å². The molecule has 1 aromatic heterocycles. The predicted molar refractivity (Wildman–Crippen MR) is 66.6 cm³/mol. The molecule has 1 aliphatic carbocycles. The smallest absolute Gasteiger partial charge is 0.405 e. The molecule has 1 saturated carbocycles. The molecule has 0 unspecified atom stereocenters. The molecule has 1 heterocycles. The second-order valence-electron chi connectivity index (χ2n) is 4.32. The van der Waals surface area contributed by atoms with Gasteiger partial charge in [0.25, 0.3) is 0 Å². The van der Waals surface area contributed by atoms with Crippen LogP contribution in [-0.2, 0) is 4.74 Å². The van der Waals surface area contributed by atoms with Gasteiger partial charge in [0.2, 0.25) is 0 Å². The minimum Gasteiger partial charge on any atom is -0.465 e. The fraction of sp³-hybridized carbons (Fsp3) is 0.545. The Labute approximate surface area is 111 Å². The predicted octanol–water partition coefficient (Wildman–Crippen LogP) is 2.97. The lowest BCUT2D eigenvalue weighted by atomic mass is 10.1. The quantitative estimate of drug-likeness (QED) is 0.838. The average Bonchev–Trinajstić information content (AvgIpc) is 3.09. The number of carbonyl (C=O) groups is 1. The first kappa shape index (κ1) is 14.0. The first-order chi connectivity index (χ1) is 8.83. The normalized spacial score (nSPS) is 15.4. The fourth-order valence-corrected chi connectivity index (χ4v) is 2.91. The summed E-state index contributed by atoms with van der Waals surface area (Å²) in [6.07, 6.45) is -2.56. The highest BCUT2D eigenvalue weighted by Gasteiger charge is 2.35. The number of anilines is 2. The van der Waals surface area contributed by atoms with Crippen molar-refractivity contribution in [2.45, 2.75) is 24.9 Å². The first-order valence-corrected chi connectivity index (χ1v) is 6.46. The molecule has 3 N–H and O–H groups in total. The van der Waals surface area contributed by atoms with Crippen LogP contribution in [0.15, 0.2) is 0 Å². The van der Waals surface area contributed by atoms with Gasteiger partial charge in [0.15, 0.2) is 0 Å². The highest BCUT2D eigenvalue weighted by Crippen LogP contribution is 2.51. The van der Waals surface area contributed by atoms with Gasteiger partial charge in [-0.3, -0.25) is 0 Å². The maximum Gasteiger partial charge on any atom is 0.405 e. The van der Waals surface area contributed by atoms with Gasteiger partial charge in [-0.25, -0.2) is 4.79 Å². The Kier molecular flexibility index (Phi) is 3.62. The fourth-order valence-electron chi connectivity index (χ4n) is 1.79. The molecule has 1 aromatic rings. The number of thiophene rings is 1. The number of ether oxygens (including phenoxy) is 1. The Morgan fingerprint density at radius 1 is 1.53 bits per heavy atom. The molecule has 0 saturated heterocycles. The van der Waals surface area contributed by atoms with Crippen LogP contribution in [0.25, 0.3) is 0 Å². The summed E-state index contributed by atoms with van der Waals surface area (Å²) >= 11 is 0.917. The van der Waals surface area contributed by atoms with Gasteiger partial charge in [-0.2, -0.15) is 13.2 Å². The van der Waals surface area contributed by atoms with E-state index in [2.05, 4.69) is 10.1 Å². The van der Waals surface area contributed by atoms with E-state index in [1.54, 1.807) is 0 Å². The number of nitrogen functional groups attached to an aromatic ring is 1. The van der Waals surface area contributed by atoms with E-state index < -0.39 is 18.7 Å². The third-order valence-corrected chi connectivity index (χ3v) is 3.95. The van der Waals surface area contributed by atoms with E-state index in [9.17, 15) is 18.0 Å². The molecular weight excluding hydrogens is 281 g/mol. The Hall–Kier alpha value is -1.44. The van der Waals surface area contributed by atoms with Crippen molar-refractivity contribution in [3.63, 3.8) is 0 Å². The molecule has 8 heteroatoms. The number of nitrogens with two attached hydrogens (primary N) is 1. The number of hydrogen-bond acceptors (Lipinski definition) is 5. The monoisotopic (exact) mass is 294 g/mol. The van der Waals surface area contributed by atoms with E-state index in [1.807, 2.05) is 0 Å². The van der Waals surface area contributed by atoms with Crippen LogP contribution >= 0.6 is 11.3 Å². The molecule has 106 valence electrons. The molecule has 4 nitrogen and oxygen atoms in total. The lowest BCUT2D eigenvalue weighted by molar-refractivity contribution is -0.115. The minimum atomic E-state index is -4.31. The maximum absolute atomic E-state index is 12.2. The molecule has 0 atom stereocenters. The van der Waals surface area contributed by atoms with Crippen LogP contribution in [0.1, 0.15) is 34.0 Å². The van der Waals surface area contributed by atoms with E-state index in [-0.39, 0.29) is 16.5 Å². The summed E-state index contributed by atoms with van der Waals surface area (Å²) in [7, 11) is 1.21. The van der Waals surface area contributed by atoms with Crippen molar-refractivity contribution >= 4 is 28.0 Å². The molecule has 2 rings (SSSR count). The van der Waals surface area contributed by atoms with Crippen LogP contribution in [0.2, 0.25) is 0 Å². The molecule has 0 bridgehead atoms. The first-order valence-electron chi connectivity index (χ1n) is 5.64. The van der Waals surface area contributed by atoms with E-state index in [4.69, 9.17) is 5.73 Å². The van der Waals surface area contributed by atoms with E-state index >= 15 is 0 Å². The highest BCUT2D eigenvalue weighted by atomic mass is 32.1. The van der Waals surface area contributed by atoms with Gasteiger partial charge in [0.05, 0.1) is 17.8 Å². The van der Waals surface area contributed by atoms with Crippen LogP contribution in [0.5, 0.6) is 0 Å². The molecule has 0 radical (unpaired) electrons. The number of hydrogen-bond donors (Lipinski definition) is 2. The Morgan fingerprint density at radius 3 is 2.63 bits per heavy atom. The second-order valence-corrected chi connectivity index (χ2v) is 5.34. The zero-order valence-corrected chi connectivity index (χ0v) is 11.0. The lowest BCUT2D eigenvalue weighted by Gasteiger charge is -2.09. The summed E-state index contributed by atoms with van der Waals surface area (Å²) in [5, 5.41) is 2.64. The number of alkyl halides is 3.